The summed E-state index contributed by atoms with van der Waals surface area (Å²) in [5, 5.41) is 4.73. The first-order valence-electron chi connectivity index (χ1n) is 5.41. The van der Waals surface area contributed by atoms with Crippen LogP contribution in [-0.4, -0.2) is 23.1 Å². The highest BCUT2D eigenvalue weighted by molar-refractivity contribution is 7.80. The smallest absolute Gasteiger partial charge is 0.173 e. The van der Waals surface area contributed by atoms with E-state index < -0.39 is 0 Å². The molecule has 1 aromatic rings. The van der Waals surface area contributed by atoms with Gasteiger partial charge in [0.2, 0.25) is 0 Å². The molecule has 0 atom stereocenters. The lowest BCUT2D eigenvalue weighted by Gasteiger charge is -2.23. The molecule has 4 heteroatoms. The SMILES string of the molecule is CCN(CC)C(=S)Nc1cccc(Cl)c1C. The van der Waals surface area contributed by atoms with Crippen molar-refractivity contribution in [2.24, 2.45) is 0 Å². The highest BCUT2D eigenvalue weighted by Gasteiger charge is 2.07. The molecule has 1 aromatic carbocycles. The molecule has 1 N–H and O–H groups in total. The Balaban J connectivity index is 2.80. The van der Waals surface area contributed by atoms with E-state index in [0.717, 1.165) is 34.5 Å². The number of anilines is 1. The summed E-state index contributed by atoms with van der Waals surface area (Å²) in [4.78, 5) is 2.09. The van der Waals surface area contributed by atoms with Crippen LogP contribution in [0, 0.1) is 6.92 Å². The Kier molecular flexibility index (Phi) is 5.03. The number of nitrogens with zero attached hydrogens (tertiary/aromatic N) is 1. The molecule has 0 spiro atoms. The van der Waals surface area contributed by atoms with E-state index in [-0.39, 0.29) is 0 Å². The quantitative estimate of drug-likeness (QED) is 0.831. The van der Waals surface area contributed by atoms with E-state index in [1.54, 1.807) is 0 Å². The van der Waals surface area contributed by atoms with Crippen LogP contribution >= 0.6 is 23.8 Å². The van der Waals surface area contributed by atoms with Crippen LogP contribution in [0.3, 0.4) is 0 Å². The van der Waals surface area contributed by atoms with Gasteiger partial charge in [-0.3, -0.25) is 0 Å². The number of hydrogen-bond acceptors (Lipinski definition) is 1. The second kappa shape index (κ2) is 6.06. The van der Waals surface area contributed by atoms with Crippen molar-refractivity contribution in [2.45, 2.75) is 20.8 Å². The van der Waals surface area contributed by atoms with Crippen molar-refractivity contribution in [2.75, 3.05) is 18.4 Å². The molecule has 0 aliphatic rings. The largest absolute Gasteiger partial charge is 0.350 e. The summed E-state index contributed by atoms with van der Waals surface area (Å²) in [6, 6.07) is 5.78. The highest BCUT2D eigenvalue weighted by Crippen LogP contribution is 2.23. The van der Waals surface area contributed by atoms with Gasteiger partial charge in [0, 0.05) is 23.8 Å². The first-order valence-corrected chi connectivity index (χ1v) is 6.19. The predicted octanol–water partition coefficient (Wildman–Crippen LogP) is 3.69. The number of halogens is 1. The molecule has 0 unspecified atom stereocenters. The van der Waals surface area contributed by atoms with E-state index in [0.29, 0.717) is 0 Å². The van der Waals surface area contributed by atoms with Crippen LogP contribution in [0.4, 0.5) is 5.69 Å². The summed E-state index contributed by atoms with van der Waals surface area (Å²) >= 11 is 11.4. The van der Waals surface area contributed by atoms with Crippen LogP contribution in [0.2, 0.25) is 5.02 Å². The van der Waals surface area contributed by atoms with Crippen molar-refractivity contribution in [3.63, 3.8) is 0 Å². The lowest BCUT2D eigenvalue weighted by Crippen LogP contribution is -2.34. The summed E-state index contributed by atoms with van der Waals surface area (Å²) in [5.41, 5.74) is 2.00. The van der Waals surface area contributed by atoms with Crippen LogP contribution in [-0.2, 0) is 0 Å². The van der Waals surface area contributed by atoms with Gasteiger partial charge >= 0.3 is 0 Å². The molecule has 0 aliphatic heterocycles. The second-order valence-electron chi connectivity index (χ2n) is 3.51. The maximum absolute atomic E-state index is 6.05. The molecule has 88 valence electrons. The molecular weight excluding hydrogens is 240 g/mol. The van der Waals surface area contributed by atoms with Crippen LogP contribution in [0.15, 0.2) is 18.2 Å². The van der Waals surface area contributed by atoms with Crippen molar-refractivity contribution in [3.8, 4) is 0 Å². The zero-order chi connectivity index (χ0) is 12.1. The van der Waals surface area contributed by atoms with Crippen molar-refractivity contribution in [1.82, 2.24) is 4.90 Å². The summed E-state index contributed by atoms with van der Waals surface area (Å²) in [6.07, 6.45) is 0. The maximum atomic E-state index is 6.05. The Bertz CT molecular complexity index is 375. The number of thiocarbonyl (C=S) groups is 1. The van der Waals surface area contributed by atoms with E-state index in [2.05, 4.69) is 24.1 Å². The van der Waals surface area contributed by atoms with Crippen LogP contribution < -0.4 is 5.32 Å². The summed E-state index contributed by atoms with van der Waals surface area (Å²) in [7, 11) is 0. The van der Waals surface area contributed by atoms with Gasteiger partial charge in [-0.15, -0.1) is 0 Å². The van der Waals surface area contributed by atoms with Gasteiger partial charge in [0.15, 0.2) is 5.11 Å². The Hall–Kier alpha value is -0.800. The van der Waals surface area contributed by atoms with Gasteiger partial charge in [-0.25, -0.2) is 0 Å². The topological polar surface area (TPSA) is 15.3 Å². The van der Waals surface area contributed by atoms with Gasteiger partial charge in [0.1, 0.15) is 0 Å². The average molecular weight is 257 g/mol. The minimum atomic E-state index is 0.746. The average Bonchev–Trinajstić information content (AvgIpc) is 2.26. The normalized spacial score (nSPS) is 10.0. The lowest BCUT2D eigenvalue weighted by atomic mass is 10.2. The van der Waals surface area contributed by atoms with E-state index >= 15 is 0 Å². The molecular formula is C12H17ClN2S. The predicted molar refractivity (Wildman–Crippen MR) is 75.3 cm³/mol. The van der Waals surface area contributed by atoms with Gasteiger partial charge in [-0.2, -0.15) is 0 Å². The van der Waals surface area contributed by atoms with E-state index in [4.69, 9.17) is 23.8 Å². The second-order valence-corrected chi connectivity index (χ2v) is 4.31. The summed E-state index contributed by atoms with van der Waals surface area (Å²) in [6.45, 7) is 7.96. The summed E-state index contributed by atoms with van der Waals surface area (Å²) < 4.78 is 0. The van der Waals surface area contributed by atoms with Gasteiger partial charge in [0.25, 0.3) is 0 Å². The first kappa shape index (κ1) is 13.3. The van der Waals surface area contributed by atoms with Crippen LogP contribution in [0.25, 0.3) is 0 Å². The van der Waals surface area contributed by atoms with Crippen molar-refractivity contribution in [3.05, 3.63) is 28.8 Å². The zero-order valence-electron chi connectivity index (χ0n) is 9.88. The Labute approximate surface area is 108 Å². The zero-order valence-corrected chi connectivity index (χ0v) is 11.5. The van der Waals surface area contributed by atoms with E-state index in [1.165, 1.54) is 0 Å². The third-order valence-corrected chi connectivity index (χ3v) is 3.33. The number of rotatable bonds is 3. The van der Waals surface area contributed by atoms with Crippen molar-refractivity contribution >= 4 is 34.6 Å². The Morgan fingerprint density at radius 2 is 2.00 bits per heavy atom. The van der Waals surface area contributed by atoms with E-state index in [1.807, 2.05) is 25.1 Å². The van der Waals surface area contributed by atoms with Gasteiger partial charge in [0.05, 0.1) is 0 Å². The maximum Gasteiger partial charge on any atom is 0.173 e. The Morgan fingerprint density at radius 1 is 1.38 bits per heavy atom. The standard InChI is InChI=1S/C12H17ClN2S/c1-4-15(5-2)12(16)14-11-8-6-7-10(13)9(11)3/h6-8H,4-5H2,1-3H3,(H,14,16). The summed E-state index contributed by atoms with van der Waals surface area (Å²) in [5.74, 6) is 0. The molecule has 0 saturated heterocycles. The number of benzene rings is 1. The molecule has 0 radical (unpaired) electrons. The monoisotopic (exact) mass is 256 g/mol. The number of hydrogen-bond donors (Lipinski definition) is 1. The third kappa shape index (κ3) is 3.09. The molecule has 1 rings (SSSR count). The first-order chi connectivity index (χ1) is 7.60. The molecule has 0 bridgehead atoms. The fourth-order valence-electron chi connectivity index (χ4n) is 1.45. The van der Waals surface area contributed by atoms with Gasteiger partial charge in [-0.1, -0.05) is 17.7 Å². The highest BCUT2D eigenvalue weighted by atomic mass is 35.5. The molecule has 0 aliphatic carbocycles. The molecule has 0 amide bonds. The molecule has 0 saturated carbocycles. The van der Waals surface area contributed by atoms with Crippen molar-refractivity contribution in [1.29, 1.82) is 0 Å². The fourth-order valence-corrected chi connectivity index (χ4v) is 1.99. The number of nitrogens with one attached hydrogen (secondary N) is 1. The molecule has 0 fully saturated rings. The van der Waals surface area contributed by atoms with Crippen molar-refractivity contribution < 1.29 is 0 Å². The van der Waals surface area contributed by atoms with Crippen LogP contribution in [0.1, 0.15) is 19.4 Å². The third-order valence-electron chi connectivity index (χ3n) is 2.56. The minimum absolute atomic E-state index is 0.746. The molecule has 2 nitrogen and oxygen atoms in total. The lowest BCUT2D eigenvalue weighted by molar-refractivity contribution is 0.473. The fraction of sp³-hybridized carbons (Fsp3) is 0.417. The molecule has 0 aromatic heterocycles. The van der Waals surface area contributed by atoms with Crippen LogP contribution in [0.5, 0.6) is 0 Å². The molecule has 16 heavy (non-hydrogen) atoms. The molecule has 0 heterocycles. The Morgan fingerprint density at radius 3 is 2.56 bits per heavy atom. The van der Waals surface area contributed by atoms with E-state index in [9.17, 15) is 0 Å². The van der Waals surface area contributed by atoms with Gasteiger partial charge < -0.3 is 10.2 Å². The van der Waals surface area contributed by atoms with Gasteiger partial charge in [-0.05, 0) is 50.7 Å². The minimum Gasteiger partial charge on any atom is -0.350 e.